The van der Waals surface area contributed by atoms with Crippen molar-refractivity contribution in [2.24, 2.45) is 0 Å². The molecule has 0 spiro atoms. The van der Waals surface area contributed by atoms with Crippen molar-refractivity contribution in [2.75, 3.05) is 18.6 Å². The molecule has 1 amide bonds. The van der Waals surface area contributed by atoms with Crippen LogP contribution in [0.3, 0.4) is 0 Å². The summed E-state index contributed by atoms with van der Waals surface area (Å²) in [4.78, 5) is 32.3. The van der Waals surface area contributed by atoms with Crippen LogP contribution in [0.15, 0.2) is 72.3 Å². The number of nitrogens with zero attached hydrogens (tertiary/aromatic N) is 2. The van der Waals surface area contributed by atoms with E-state index >= 15 is 4.39 Å². The van der Waals surface area contributed by atoms with Gasteiger partial charge < -0.3 is 14.6 Å². The third-order valence-corrected chi connectivity index (χ3v) is 6.89. The quantitative estimate of drug-likeness (QED) is 0.213. The van der Waals surface area contributed by atoms with Gasteiger partial charge in [0.1, 0.15) is 29.1 Å². The standard InChI is InChI=1S/C27H21FN2O5S/c1-3-35-17-12-13-20-21(14-17)36-27(29-20)30-23(18-6-4-5-7-19(18)28)22(25(32)26(30)33)24(31)15-8-10-16(34-2)11-9-15/h4-14,23,31H,3H2,1-2H3/t23-/m0/s1. The third kappa shape index (κ3) is 3.97. The number of carbonyl (C=O) groups excluding carboxylic acids is 2. The van der Waals surface area contributed by atoms with E-state index in [2.05, 4.69) is 4.98 Å². The van der Waals surface area contributed by atoms with Gasteiger partial charge in [0.05, 0.1) is 29.5 Å². The van der Waals surface area contributed by atoms with E-state index in [0.717, 1.165) is 9.60 Å². The highest BCUT2D eigenvalue weighted by Gasteiger charge is 2.49. The van der Waals surface area contributed by atoms with Crippen molar-refractivity contribution in [3.8, 4) is 11.5 Å². The highest BCUT2D eigenvalue weighted by atomic mass is 32.1. The molecule has 0 radical (unpaired) electrons. The van der Waals surface area contributed by atoms with Crippen LogP contribution in [0.1, 0.15) is 24.1 Å². The molecular weight excluding hydrogens is 483 g/mol. The number of carbonyl (C=O) groups is 2. The van der Waals surface area contributed by atoms with Gasteiger partial charge in [-0.2, -0.15) is 0 Å². The van der Waals surface area contributed by atoms with Crippen molar-refractivity contribution in [2.45, 2.75) is 13.0 Å². The second-order valence-electron chi connectivity index (χ2n) is 7.98. The zero-order chi connectivity index (χ0) is 25.4. The molecule has 0 aliphatic carbocycles. The molecule has 0 bridgehead atoms. The first kappa shape index (κ1) is 23.5. The summed E-state index contributed by atoms with van der Waals surface area (Å²) < 4.78 is 26.5. The molecule has 4 aromatic rings. The number of benzene rings is 3. The Balaban J connectivity index is 1.69. The lowest BCUT2D eigenvalue weighted by atomic mass is 9.95. The molecule has 9 heteroatoms. The molecule has 0 unspecified atom stereocenters. The minimum atomic E-state index is -1.21. The lowest BCUT2D eigenvalue weighted by molar-refractivity contribution is -0.132. The van der Waals surface area contributed by atoms with Crippen LogP contribution in [0.5, 0.6) is 11.5 Å². The van der Waals surface area contributed by atoms with Crippen LogP contribution in [-0.4, -0.2) is 35.5 Å². The molecule has 2 heterocycles. The van der Waals surface area contributed by atoms with Crippen molar-refractivity contribution in [1.82, 2.24) is 4.98 Å². The Morgan fingerprint density at radius 1 is 1.08 bits per heavy atom. The molecule has 1 N–H and O–H groups in total. The SMILES string of the molecule is CCOc1ccc2nc(N3C(=O)C(=O)C(=C(O)c4ccc(OC)cc4)[C@@H]3c3ccccc3F)sc2c1. The van der Waals surface area contributed by atoms with Gasteiger partial charge in [-0.1, -0.05) is 29.5 Å². The molecule has 1 fully saturated rings. The van der Waals surface area contributed by atoms with Crippen molar-refractivity contribution in [3.05, 3.63) is 89.2 Å². The summed E-state index contributed by atoms with van der Waals surface area (Å²) in [5, 5.41) is 11.4. The van der Waals surface area contributed by atoms with Gasteiger partial charge in [0.15, 0.2) is 5.13 Å². The number of anilines is 1. The van der Waals surface area contributed by atoms with Gasteiger partial charge in [0.2, 0.25) is 0 Å². The van der Waals surface area contributed by atoms with Gasteiger partial charge in [0, 0.05) is 11.1 Å². The number of halogens is 1. The summed E-state index contributed by atoms with van der Waals surface area (Å²) in [7, 11) is 1.51. The van der Waals surface area contributed by atoms with Crippen molar-refractivity contribution >= 4 is 44.1 Å². The van der Waals surface area contributed by atoms with E-state index in [-0.39, 0.29) is 16.3 Å². The van der Waals surface area contributed by atoms with Gasteiger partial charge in [-0.05, 0) is 55.5 Å². The van der Waals surface area contributed by atoms with Crippen LogP contribution in [0, 0.1) is 5.82 Å². The second-order valence-corrected chi connectivity index (χ2v) is 8.99. The van der Waals surface area contributed by atoms with E-state index < -0.39 is 29.3 Å². The van der Waals surface area contributed by atoms with Crippen molar-refractivity contribution in [3.63, 3.8) is 0 Å². The van der Waals surface area contributed by atoms with E-state index in [4.69, 9.17) is 9.47 Å². The Morgan fingerprint density at radius 3 is 2.50 bits per heavy atom. The molecule has 5 rings (SSSR count). The number of hydrogen-bond acceptors (Lipinski definition) is 7. The maximum Gasteiger partial charge on any atom is 0.301 e. The fourth-order valence-corrected chi connectivity index (χ4v) is 5.20. The molecular formula is C27H21FN2O5S. The Bertz CT molecular complexity index is 1510. The van der Waals surface area contributed by atoms with E-state index in [1.165, 1.54) is 36.6 Å². The van der Waals surface area contributed by atoms with Crippen molar-refractivity contribution in [1.29, 1.82) is 0 Å². The highest BCUT2D eigenvalue weighted by Crippen LogP contribution is 2.45. The zero-order valence-corrected chi connectivity index (χ0v) is 20.2. The molecule has 1 atom stereocenters. The van der Waals surface area contributed by atoms with Gasteiger partial charge in [0.25, 0.3) is 5.78 Å². The first-order valence-electron chi connectivity index (χ1n) is 11.2. The number of fused-ring (bicyclic) bond motifs is 1. The Hall–Kier alpha value is -4.24. The van der Waals surface area contributed by atoms with Crippen molar-refractivity contribution < 1.29 is 28.6 Å². The molecule has 1 aliphatic rings. The Morgan fingerprint density at radius 2 is 1.81 bits per heavy atom. The fraction of sp³-hybridized carbons (Fsp3) is 0.148. The number of ether oxygens (including phenoxy) is 2. The average Bonchev–Trinajstić information content (AvgIpc) is 3.42. The molecule has 182 valence electrons. The minimum absolute atomic E-state index is 0.0704. The highest BCUT2D eigenvalue weighted by molar-refractivity contribution is 7.22. The van der Waals surface area contributed by atoms with E-state index in [1.807, 2.05) is 6.92 Å². The van der Waals surface area contributed by atoms with Gasteiger partial charge in [-0.15, -0.1) is 0 Å². The summed E-state index contributed by atoms with van der Waals surface area (Å²) in [5.41, 5.74) is 0.745. The summed E-state index contributed by atoms with van der Waals surface area (Å²) in [6, 6.07) is 16.3. The number of aliphatic hydroxyl groups excluding tert-OH is 1. The number of ketones is 1. The molecule has 1 aliphatic heterocycles. The molecule has 36 heavy (non-hydrogen) atoms. The van der Waals surface area contributed by atoms with Crippen LogP contribution in [0.4, 0.5) is 9.52 Å². The maximum absolute atomic E-state index is 15.1. The number of amides is 1. The number of rotatable bonds is 6. The number of Topliss-reactive ketones (excluding diaryl/α,β-unsaturated/α-hetero) is 1. The van der Waals surface area contributed by atoms with Crippen LogP contribution in [0.25, 0.3) is 16.0 Å². The Labute approximate surface area is 210 Å². The number of hydrogen-bond donors (Lipinski definition) is 1. The van der Waals surface area contributed by atoms with E-state index in [9.17, 15) is 14.7 Å². The average molecular weight is 505 g/mol. The lowest BCUT2D eigenvalue weighted by Crippen LogP contribution is -2.29. The van der Waals surface area contributed by atoms with E-state index in [1.54, 1.807) is 48.5 Å². The fourth-order valence-electron chi connectivity index (χ4n) is 4.18. The largest absolute Gasteiger partial charge is 0.507 e. The maximum atomic E-state index is 15.1. The normalized spacial score (nSPS) is 17.1. The number of aliphatic hydroxyl groups is 1. The van der Waals surface area contributed by atoms with Crippen LogP contribution >= 0.6 is 11.3 Å². The predicted octanol–water partition coefficient (Wildman–Crippen LogP) is 5.47. The smallest absolute Gasteiger partial charge is 0.301 e. The van der Waals surface area contributed by atoms with Gasteiger partial charge in [-0.3, -0.25) is 14.5 Å². The molecule has 7 nitrogen and oxygen atoms in total. The minimum Gasteiger partial charge on any atom is -0.507 e. The van der Waals surface area contributed by atoms with Gasteiger partial charge in [-0.25, -0.2) is 9.37 Å². The Kier molecular flexibility index (Phi) is 6.15. The summed E-state index contributed by atoms with van der Waals surface area (Å²) in [6.45, 7) is 2.36. The number of thiazole rings is 1. The zero-order valence-electron chi connectivity index (χ0n) is 19.4. The summed E-state index contributed by atoms with van der Waals surface area (Å²) >= 11 is 1.18. The number of aromatic nitrogens is 1. The second kappa shape index (κ2) is 9.43. The molecule has 1 aromatic heterocycles. The summed E-state index contributed by atoms with van der Waals surface area (Å²) in [6.07, 6.45) is 0. The first-order chi connectivity index (χ1) is 17.4. The van der Waals surface area contributed by atoms with Crippen LogP contribution < -0.4 is 14.4 Å². The third-order valence-electron chi connectivity index (χ3n) is 5.87. The molecule has 1 saturated heterocycles. The first-order valence-corrected chi connectivity index (χ1v) is 12.0. The topological polar surface area (TPSA) is 89.0 Å². The molecule has 3 aromatic carbocycles. The predicted molar refractivity (Wildman–Crippen MR) is 135 cm³/mol. The van der Waals surface area contributed by atoms with Crippen LogP contribution in [-0.2, 0) is 9.59 Å². The lowest BCUT2D eigenvalue weighted by Gasteiger charge is -2.23. The van der Waals surface area contributed by atoms with Crippen LogP contribution in [0.2, 0.25) is 0 Å². The van der Waals surface area contributed by atoms with Gasteiger partial charge >= 0.3 is 5.91 Å². The summed E-state index contributed by atoms with van der Waals surface area (Å²) in [5.74, 6) is -1.65. The number of methoxy groups -OCH3 is 1. The monoisotopic (exact) mass is 504 g/mol. The van der Waals surface area contributed by atoms with E-state index in [0.29, 0.717) is 29.2 Å². The molecule has 0 saturated carbocycles.